The molecule has 7 heteroatoms. The van der Waals surface area contributed by atoms with Crippen molar-refractivity contribution >= 4 is 17.8 Å². The van der Waals surface area contributed by atoms with Crippen LogP contribution in [0.2, 0.25) is 0 Å². The van der Waals surface area contributed by atoms with Gasteiger partial charge < -0.3 is 15.5 Å². The fraction of sp³-hybridized carbons (Fsp3) is 0.700. The SMILES string of the molecule is CCNCC(=O)N1CCC2(C1)NC(=O)NC2=O. The number of carbonyl (C=O) groups excluding carboxylic acids is 3. The third kappa shape index (κ3) is 2.10. The number of carbonyl (C=O) groups is 3. The summed E-state index contributed by atoms with van der Waals surface area (Å²) in [4.78, 5) is 36.1. The lowest BCUT2D eigenvalue weighted by Crippen LogP contribution is -2.50. The Morgan fingerprint density at radius 1 is 1.53 bits per heavy atom. The summed E-state index contributed by atoms with van der Waals surface area (Å²) >= 11 is 0. The molecule has 0 saturated carbocycles. The smallest absolute Gasteiger partial charge is 0.322 e. The highest BCUT2D eigenvalue weighted by Gasteiger charge is 2.51. The van der Waals surface area contributed by atoms with Gasteiger partial charge in [-0.15, -0.1) is 0 Å². The van der Waals surface area contributed by atoms with Crippen LogP contribution in [0.15, 0.2) is 0 Å². The lowest BCUT2D eigenvalue weighted by Gasteiger charge is -2.21. The molecule has 2 heterocycles. The Morgan fingerprint density at radius 2 is 2.29 bits per heavy atom. The van der Waals surface area contributed by atoms with Crippen molar-refractivity contribution in [3.05, 3.63) is 0 Å². The zero-order valence-corrected chi connectivity index (χ0v) is 9.71. The van der Waals surface area contributed by atoms with Crippen LogP contribution >= 0.6 is 0 Å². The predicted octanol–water partition coefficient (Wildman–Crippen LogP) is -1.59. The second-order valence-corrected chi connectivity index (χ2v) is 4.34. The Bertz CT molecular complexity index is 371. The fourth-order valence-electron chi connectivity index (χ4n) is 2.18. The van der Waals surface area contributed by atoms with E-state index in [9.17, 15) is 14.4 Å². The third-order valence-electron chi connectivity index (χ3n) is 3.16. The van der Waals surface area contributed by atoms with E-state index in [0.717, 1.165) is 6.54 Å². The molecule has 7 nitrogen and oxygen atoms in total. The zero-order chi connectivity index (χ0) is 12.5. The van der Waals surface area contributed by atoms with Crippen molar-refractivity contribution in [3.63, 3.8) is 0 Å². The van der Waals surface area contributed by atoms with Gasteiger partial charge in [0.15, 0.2) is 0 Å². The van der Waals surface area contributed by atoms with Crippen molar-refractivity contribution < 1.29 is 14.4 Å². The molecule has 17 heavy (non-hydrogen) atoms. The number of nitrogens with one attached hydrogen (secondary N) is 3. The van der Waals surface area contributed by atoms with E-state index in [1.54, 1.807) is 4.90 Å². The number of amides is 4. The minimum absolute atomic E-state index is 0.0438. The molecule has 0 bridgehead atoms. The topological polar surface area (TPSA) is 90.5 Å². The molecule has 2 aliphatic rings. The summed E-state index contributed by atoms with van der Waals surface area (Å²) in [7, 11) is 0. The summed E-state index contributed by atoms with van der Waals surface area (Å²) < 4.78 is 0. The first-order valence-corrected chi connectivity index (χ1v) is 5.69. The van der Waals surface area contributed by atoms with E-state index in [0.29, 0.717) is 13.0 Å². The first kappa shape index (κ1) is 11.8. The lowest BCUT2D eigenvalue weighted by molar-refractivity contribution is -0.129. The number of nitrogens with zero attached hydrogens (tertiary/aromatic N) is 1. The van der Waals surface area contributed by atoms with Crippen LogP contribution in [0.25, 0.3) is 0 Å². The van der Waals surface area contributed by atoms with Gasteiger partial charge in [-0.25, -0.2) is 4.79 Å². The minimum atomic E-state index is -0.904. The molecule has 1 atom stereocenters. The molecule has 2 fully saturated rings. The van der Waals surface area contributed by atoms with E-state index in [1.807, 2.05) is 6.92 Å². The number of likely N-dealkylation sites (tertiary alicyclic amines) is 1. The number of rotatable bonds is 3. The number of urea groups is 1. The van der Waals surface area contributed by atoms with Crippen LogP contribution in [0.4, 0.5) is 4.79 Å². The Labute approximate surface area is 98.9 Å². The van der Waals surface area contributed by atoms with Crippen molar-refractivity contribution in [1.82, 2.24) is 20.9 Å². The molecular weight excluding hydrogens is 224 g/mol. The second-order valence-electron chi connectivity index (χ2n) is 4.34. The summed E-state index contributed by atoms with van der Waals surface area (Å²) in [6, 6.07) is -0.476. The molecule has 2 saturated heterocycles. The maximum Gasteiger partial charge on any atom is 0.322 e. The first-order valence-electron chi connectivity index (χ1n) is 5.69. The maximum absolute atomic E-state index is 11.8. The van der Waals surface area contributed by atoms with E-state index in [4.69, 9.17) is 0 Å². The van der Waals surface area contributed by atoms with E-state index >= 15 is 0 Å². The normalized spacial score (nSPS) is 27.5. The summed E-state index contributed by atoms with van der Waals surface area (Å²) in [6.07, 6.45) is 0.475. The fourth-order valence-corrected chi connectivity index (χ4v) is 2.18. The van der Waals surface area contributed by atoms with Gasteiger partial charge >= 0.3 is 6.03 Å². The highest BCUT2D eigenvalue weighted by molar-refractivity contribution is 6.07. The van der Waals surface area contributed by atoms with Crippen LogP contribution in [0, 0.1) is 0 Å². The third-order valence-corrected chi connectivity index (χ3v) is 3.16. The number of hydrogen-bond acceptors (Lipinski definition) is 4. The van der Waals surface area contributed by atoms with E-state index in [2.05, 4.69) is 16.0 Å². The van der Waals surface area contributed by atoms with Crippen molar-refractivity contribution in [1.29, 1.82) is 0 Å². The molecule has 0 aliphatic carbocycles. The average molecular weight is 240 g/mol. The average Bonchev–Trinajstić information content (AvgIpc) is 2.81. The summed E-state index contributed by atoms with van der Waals surface area (Å²) in [5.41, 5.74) is -0.904. The van der Waals surface area contributed by atoms with E-state index < -0.39 is 11.6 Å². The standard InChI is InChI=1S/C10H16N4O3/c1-2-11-5-7(15)14-4-3-10(6-14)8(16)12-9(17)13-10/h11H,2-6H2,1H3,(H2,12,13,16,17). The predicted molar refractivity (Wildman–Crippen MR) is 59.1 cm³/mol. The highest BCUT2D eigenvalue weighted by atomic mass is 16.2. The van der Waals surface area contributed by atoms with Crippen LogP contribution < -0.4 is 16.0 Å². The van der Waals surface area contributed by atoms with Crippen LogP contribution in [-0.2, 0) is 9.59 Å². The van der Waals surface area contributed by atoms with Crippen molar-refractivity contribution in [3.8, 4) is 0 Å². The van der Waals surface area contributed by atoms with Gasteiger partial charge in [0.05, 0.1) is 13.1 Å². The molecule has 1 unspecified atom stereocenters. The van der Waals surface area contributed by atoms with Crippen LogP contribution in [0.5, 0.6) is 0 Å². The zero-order valence-electron chi connectivity index (χ0n) is 9.71. The molecule has 3 N–H and O–H groups in total. The van der Waals surface area contributed by atoms with Crippen molar-refractivity contribution in [2.75, 3.05) is 26.2 Å². The second kappa shape index (κ2) is 4.33. The van der Waals surface area contributed by atoms with Gasteiger partial charge in [0.25, 0.3) is 5.91 Å². The molecule has 0 aromatic rings. The summed E-state index contributed by atoms with van der Waals surface area (Å²) in [6.45, 7) is 3.67. The molecule has 94 valence electrons. The van der Waals surface area contributed by atoms with Gasteiger partial charge in [-0.3, -0.25) is 14.9 Å². The Hall–Kier alpha value is -1.63. The van der Waals surface area contributed by atoms with Gasteiger partial charge in [-0.1, -0.05) is 6.92 Å². The van der Waals surface area contributed by atoms with Gasteiger partial charge in [-0.2, -0.15) is 0 Å². The van der Waals surface area contributed by atoms with Gasteiger partial charge in [0, 0.05) is 6.54 Å². The first-order chi connectivity index (χ1) is 8.07. The number of hydrogen-bond donors (Lipinski definition) is 3. The summed E-state index contributed by atoms with van der Waals surface area (Å²) in [5.74, 6) is -0.376. The van der Waals surface area contributed by atoms with Crippen LogP contribution in [0.1, 0.15) is 13.3 Å². The van der Waals surface area contributed by atoms with Crippen LogP contribution in [-0.4, -0.2) is 54.5 Å². The molecule has 0 aromatic heterocycles. The Balaban J connectivity index is 1.97. The van der Waals surface area contributed by atoms with E-state index in [1.165, 1.54) is 0 Å². The molecule has 0 radical (unpaired) electrons. The highest BCUT2D eigenvalue weighted by Crippen LogP contribution is 2.24. The van der Waals surface area contributed by atoms with Gasteiger partial charge in [-0.05, 0) is 13.0 Å². The van der Waals surface area contributed by atoms with E-state index in [-0.39, 0.29) is 24.9 Å². The molecule has 0 aromatic carbocycles. The lowest BCUT2D eigenvalue weighted by atomic mass is 10.00. The largest absolute Gasteiger partial charge is 0.339 e. The van der Waals surface area contributed by atoms with Crippen molar-refractivity contribution in [2.24, 2.45) is 0 Å². The monoisotopic (exact) mass is 240 g/mol. The molecule has 1 spiro atoms. The quantitative estimate of drug-likeness (QED) is 0.519. The molecular formula is C10H16N4O3. The van der Waals surface area contributed by atoms with Gasteiger partial charge in [0.2, 0.25) is 5.91 Å². The van der Waals surface area contributed by atoms with Gasteiger partial charge in [0.1, 0.15) is 5.54 Å². The van der Waals surface area contributed by atoms with Crippen LogP contribution in [0.3, 0.4) is 0 Å². The number of likely N-dealkylation sites (N-methyl/N-ethyl adjacent to an activating group) is 1. The Morgan fingerprint density at radius 3 is 2.88 bits per heavy atom. The molecule has 2 aliphatic heterocycles. The number of imide groups is 1. The maximum atomic E-state index is 11.8. The van der Waals surface area contributed by atoms with Crippen molar-refractivity contribution in [2.45, 2.75) is 18.9 Å². The molecule has 2 rings (SSSR count). The Kier molecular flexibility index (Phi) is 3.01. The minimum Gasteiger partial charge on any atom is -0.339 e. The summed E-state index contributed by atoms with van der Waals surface area (Å²) in [5, 5.41) is 7.76. The molecule has 4 amide bonds.